The van der Waals surface area contributed by atoms with Crippen LogP contribution < -0.4 is 16.0 Å². The molecule has 2 atom stereocenters. The van der Waals surface area contributed by atoms with Crippen LogP contribution >= 0.6 is 11.6 Å². The zero-order valence-electron chi connectivity index (χ0n) is 16.6. The number of carbonyl (C=O) groups is 2. The van der Waals surface area contributed by atoms with E-state index in [1.165, 1.54) is 11.3 Å². The van der Waals surface area contributed by atoms with Crippen molar-refractivity contribution in [3.63, 3.8) is 0 Å². The van der Waals surface area contributed by atoms with Gasteiger partial charge in [0.15, 0.2) is 0 Å². The van der Waals surface area contributed by atoms with Crippen molar-refractivity contribution in [1.29, 1.82) is 0 Å². The number of aromatic nitrogens is 1. The Labute approximate surface area is 179 Å². The van der Waals surface area contributed by atoms with E-state index < -0.39 is 0 Å². The van der Waals surface area contributed by atoms with Crippen LogP contribution in [-0.2, 0) is 24.1 Å². The van der Waals surface area contributed by atoms with Gasteiger partial charge in [0.05, 0.1) is 12.5 Å². The van der Waals surface area contributed by atoms with E-state index >= 15 is 0 Å². The number of halogens is 1. The van der Waals surface area contributed by atoms with E-state index in [0.29, 0.717) is 6.42 Å². The monoisotopic (exact) mass is 422 g/mol. The fourth-order valence-corrected chi connectivity index (χ4v) is 4.71. The third kappa shape index (κ3) is 3.52. The number of aryl methyl sites for hydroxylation is 1. The first-order valence-electron chi connectivity index (χ1n) is 10.2. The largest absolute Gasteiger partial charge is 0.358 e. The molecular weight excluding hydrogens is 400 g/mol. The first kappa shape index (κ1) is 19.0. The molecule has 4 N–H and O–H groups in total. The average molecular weight is 423 g/mol. The van der Waals surface area contributed by atoms with Crippen molar-refractivity contribution in [2.24, 2.45) is 0 Å². The Kier molecular flexibility index (Phi) is 4.66. The first-order chi connectivity index (χ1) is 14.5. The highest BCUT2D eigenvalue weighted by Crippen LogP contribution is 2.31. The molecule has 30 heavy (non-hydrogen) atoms. The molecule has 7 heteroatoms. The van der Waals surface area contributed by atoms with Crippen LogP contribution in [0.3, 0.4) is 0 Å². The van der Waals surface area contributed by atoms with Gasteiger partial charge >= 0.3 is 6.03 Å². The van der Waals surface area contributed by atoms with E-state index in [4.69, 9.17) is 11.6 Å². The lowest BCUT2D eigenvalue weighted by molar-refractivity contribution is -0.115. The minimum absolute atomic E-state index is 0.00995. The van der Waals surface area contributed by atoms with Crippen LogP contribution in [0.1, 0.15) is 41.8 Å². The van der Waals surface area contributed by atoms with Crippen LogP contribution in [0.5, 0.6) is 0 Å². The summed E-state index contributed by atoms with van der Waals surface area (Å²) >= 11 is 6.18. The van der Waals surface area contributed by atoms with Crippen LogP contribution in [0.25, 0.3) is 10.9 Å². The summed E-state index contributed by atoms with van der Waals surface area (Å²) in [5.74, 6) is 0.00995. The lowest BCUT2D eigenvalue weighted by Gasteiger charge is -2.25. The van der Waals surface area contributed by atoms with E-state index in [0.717, 1.165) is 52.0 Å². The Hall–Kier alpha value is -2.99. The third-order valence-corrected chi connectivity index (χ3v) is 6.32. The van der Waals surface area contributed by atoms with E-state index in [1.807, 2.05) is 43.3 Å². The number of carbonyl (C=O) groups excluding carboxylic acids is 2. The molecule has 0 saturated carbocycles. The number of hydrogen-bond donors (Lipinski definition) is 4. The molecule has 3 amide bonds. The lowest BCUT2D eigenvalue weighted by atomic mass is 9.91. The second kappa shape index (κ2) is 7.36. The topological polar surface area (TPSA) is 86.0 Å². The van der Waals surface area contributed by atoms with E-state index in [1.54, 1.807) is 0 Å². The van der Waals surface area contributed by atoms with Gasteiger partial charge in [0.2, 0.25) is 5.91 Å². The summed E-state index contributed by atoms with van der Waals surface area (Å²) < 4.78 is 0. The van der Waals surface area contributed by atoms with Crippen LogP contribution in [0.4, 0.5) is 10.5 Å². The molecule has 3 aromatic rings. The van der Waals surface area contributed by atoms with Gasteiger partial charge in [0.25, 0.3) is 0 Å². The summed E-state index contributed by atoms with van der Waals surface area (Å²) in [7, 11) is 0. The zero-order valence-corrected chi connectivity index (χ0v) is 17.4. The molecular formula is C23H23ClN4O2. The Morgan fingerprint density at radius 1 is 1.23 bits per heavy atom. The van der Waals surface area contributed by atoms with Crippen molar-refractivity contribution in [2.45, 2.75) is 44.7 Å². The van der Waals surface area contributed by atoms with Gasteiger partial charge in [-0.15, -0.1) is 0 Å². The summed E-state index contributed by atoms with van der Waals surface area (Å²) in [5.41, 5.74) is 6.39. The smallest absolute Gasteiger partial charge is 0.315 e. The van der Waals surface area contributed by atoms with Gasteiger partial charge in [-0.05, 0) is 67.1 Å². The zero-order chi connectivity index (χ0) is 20.8. The highest BCUT2D eigenvalue weighted by atomic mass is 35.5. The maximum atomic E-state index is 12.6. The van der Waals surface area contributed by atoms with Crippen LogP contribution in [0.15, 0.2) is 36.4 Å². The maximum absolute atomic E-state index is 12.6. The van der Waals surface area contributed by atoms with E-state index in [-0.39, 0.29) is 24.0 Å². The van der Waals surface area contributed by atoms with Gasteiger partial charge in [-0.1, -0.05) is 23.7 Å². The van der Waals surface area contributed by atoms with Gasteiger partial charge in [0, 0.05) is 33.3 Å². The number of amides is 3. The summed E-state index contributed by atoms with van der Waals surface area (Å²) in [4.78, 5) is 27.7. The van der Waals surface area contributed by atoms with Crippen LogP contribution in [-0.4, -0.2) is 23.0 Å². The molecule has 5 rings (SSSR count). The molecule has 1 aromatic heterocycles. The number of H-pyrrole nitrogens is 1. The quantitative estimate of drug-likeness (QED) is 0.509. The molecule has 6 nitrogen and oxygen atoms in total. The molecule has 0 fully saturated rings. The fourth-order valence-electron chi connectivity index (χ4n) is 4.54. The van der Waals surface area contributed by atoms with E-state index in [9.17, 15) is 9.59 Å². The normalized spacial score (nSPS) is 18.5. The van der Waals surface area contributed by atoms with Crippen molar-refractivity contribution in [3.05, 3.63) is 63.8 Å². The molecule has 2 heterocycles. The number of rotatable bonds is 3. The molecule has 1 aliphatic heterocycles. The predicted molar refractivity (Wildman–Crippen MR) is 118 cm³/mol. The first-order valence-corrected chi connectivity index (χ1v) is 10.6. The molecule has 0 saturated heterocycles. The third-order valence-electron chi connectivity index (χ3n) is 6.09. The molecule has 154 valence electrons. The Bertz CT molecular complexity index is 1170. The fraction of sp³-hybridized carbons (Fsp3) is 0.304. The molecule has 0 bridgehead atoms. The van der Waals surface area contributed by atoms with Gasteiger partial charge in [0.1, 0.15) is 0 Å². The SMILES string of the molecule is CC(NC(=O)NC1CCc2[nH]c3ccc(Cl)cc3c2C1)c1ccc2c(c1)CC(=O)N2. The minimum atomic E-state index is -0.177. The van der Waals surface area contributed by atoms with Crippen molar-refractivity contribution in [2.75, 3.05) is 5.32 Å². The number of aromatic amines is 1. The standard InChI is InChI=1S/C23H23ClN4O2/c1-12(13-2-5-19-14(8-13)9-22(29)28-19)25-23(30)26-16-4-7-21-18(11-16)17-10-15(24)3-6-20(17)27-21/h2-3,5-6,8,10,12,16,27H,4,7,9,11H2,1H3,(H,28,29)(H2,25,26,30). The van der Waals surface area contributed by atoms with Crippen molar-refractivity contribution in [3.8, 4) is 0 Å². The summed E-state index contributed by atoms with van der Waals surface area (Å²) in [6.07, 6.45) is 2.96. The summed E-state index contributed by atoms with van der Waals surface area (Å²) in [6.45, 7) is 1.95. The number of hydrogen-bond acceptors (Lipinski definition) is 2. The second-order valence-corrected chi connectivity index (χ2v) is 8.63. The molecule has 2 aromatic carbocycles. The maximum Gasteiger partial charge on any atom is 0.315 e. The van der Waals surface area contributed by atoms with Crippen molar-refractivity contribution >= 4 is 40.1 Å². The minimum Gasteiger partial charge on any atom is -0.358 e. The highest BCUT2D eigenvalue weighted by Gasteiger charge is 2.25. The Morgan fingerprint density at radius 3 is 2.97 bits per heavy atom. The predicted octanol–water partition coefficient (Wildman–Crippen LogP) is 4.23. The number of nitrogens with one attached hydrogen (secondary N) is 4. The highest BCUT2D eigenvalue weighted by molar-refractivity contribution is 6.31. The van der Waals surface area contributed by atoms with Crippen LogP contribution in [0, 0.1) is 0 Å². The van der Waals surface area contributed by atoms with Crippen molar-refractivity contribution in [1.82, 2.24) is 15.6 Å². The van der Waals surface area contributed by atoms with Gasteiger partial charge in [-0.25, -0.2) is 4.79 Å². The van der Waals surface area contributed by atoms with Gasteiger partial charge in [-0.3, -0.25) is 4.79 Å². The second-order valence-electron chi connectivity index (χ2n) is 8.19. The van der Waals surface area contributed by atoms with Crippen molar-refractivity contribution < 1.29 is 9.59 Å². The average Bonchev–Trinajstić information content (AvgIpc) is 3.26. The van der Waals surface area contributed by atoms with Gasteiger partial charge < -0.3 is 20.9 Å². The summed E-state index contributed by atoms with van der Waals surface area (Å²) in [6, 6.07) is 11.5. The van der Waals surface area contributed by atoms with E-state index in [2.05, 4.69) is 20.9 Å². The number of anilines is 1. The Balaban J connectivity index is 1.24. The molecule has 2 unspecified atom stereocenters. The van der Waals surface area contributed by atoms with Crippen LogP contribution in [0.2, 0.25) is 5.02 Å². The number of fused-ring (bicyclic) bond motifs is 4. The van der Waals surface area contributed by atoms with Gasteiger partial charge in [-0.2, -0.15) is 0 Å². The lowest BCUT2D eigenvalue weighted by Crippen LogP contribution is -2.45. The number of benzene rings is 2. The molecule has 2 aliphatic rings. The molecule has 1 aliphatic carbocycles. The molecule has 0 spiro atoms. The number of urea groups is 1. The molecule has 0 radical (unpaired) electrons. The Morgan fingerprint density at radius 2 is 2.10 bits per heavy atom. The summed E-state index contributed by atoms with van der Waals surface area (Å²) in [5, 5.41) is 10.8.